The summed E-state index contributed by atoms with van der Waals surface area (Å²) in [5, 5.41) is 11.6. The molecular weight excluding hydrogens is 252 g/mol. The second kappa shape index (κ2) is 7.06. The van der Waals surface area contributed by atoms with Gasteiger partial charge in [0.1, 0.15) is 6.61 Å². The number of carbonyl (C=O) groups is 1. The van der Waals surface area contributed by atoms with E-state index in [1.165, 1.54) is 6.20 Å². The fourth-order valence-corrected chi connectivity index (χ4v) is 1.39. The molecule has 0 radical (unpaired) electrons. The van der Waals surface area contributed by atoms with Gasteiger partial charge in [-0.1, -0.05) is 39.5 Å². The van der Waals surface area contributed by atoms with Crippen molar-refractivity contribution in [2.75, 3.05) is 13.2 Å². The molecule has 0 spiro atoms. The maximum absolute atomic E-state index is 12.1. The van der Waals surface area contributed by atoms with E-state index in [1.807, 2.05) is 0 Å². The summed E-state index contributed by atoms with van der Waals surface area (Å²) in [6.07, 6.45) is 3.08. The number of hydrogen-bond acceptors (Lipinski definition) is 3. The molecule has 0 fully saturated rings. The number of nitrogens with one attached hydrogen (secondary N) is 1. The highest BCUT2D eigenvalue weighted by molar-refractivity contribution is 5.94. The maximum atomic E-state index is 12.1. The van der Waals surface area contributed by atoms with Crippen molar-refractivity contribution in [3.63, 3.8) is 0 Å². The molecule has 0 atom stereocenters. The Balaban J connectivity index is 2.73. The first-order valence-corrected chi connectivity index (χ1v) is 6.70. The second-order valence-electron chi connectivity index (χ2n) is 5.75. The van der Waals surface area contributed by atoms with Crippen LogP contribution in [-0.4, -0.2) is 29.1 Å². The number of hydrogen-bond donors (Lipinski definition) is 2. The molecule has 4 heteroatoms. The summed E-state index contributed by atoms with van der Waals surface area (Å²) in [5.74, 6) is 5.59. The first-order valence-electron chi connectivity index (χ1n) is 6.70. The molecule has 0 aliphatic heterocycles. The Hall–Kier alpha value is -1.86. The van der Waals surface area contributed by atoms with Gasteiger partial charge in [-0.25, -0.2) is 0 Å². The second-order valence-corrected chi connectivity index (χ2v) is 5.75. The highest BCUT2D eigenvalue weighted by Crippen LogP contribution is 2.24. The third-order valence-electron chi connectivity index (χ3n) is 3.58. The molecule has 108 valence electrons. The molecule has 1 heterocycles. The Morgan fingerprint density at radius 1 is 1.45 bits per heavy atom. The number of nitrogens with zero attached hydrogens (tertiary/aromatic N) is 1. The van der Waals surface area contributed by atoms with Crippen LogP contribution in [0.1, 0.15) is 43.6 Å². The summed E-state index contributed by atoms with van der Waals surface area (Å²) < 4.78 is 0. The lowest BCUT2D eigenvalue weighted by atomic mass is 9.81. The SMILES string of the molecule is CC(C)C(C)(C)CNC(=O)c1cncc(C#CCO)c1. The molecule has 2 N–H and O–H groups in total. The minimum absolute atomic E-state index is 0.0391. The van der Waals surface area contributed by atoms with Gasteiger partial charge in [0, 0.05) is 24.5 Å². The molecule has 0 saturated heterocycles. The van der Waals surface area contributed by atoms with Crippen LogP contribution in [0.5, 0.6) is 0 Å². The molecule has 0 aromatic carbocycles. The van der Waals surface area contributed by atoms with Crippen LogP contribution in [0.25, 0.3) is 0 Å². The van der Waals surface area contributed by atoms with E-state index in [-0.39, 0.29) is 17.9 Å². The van der Waals surface area contributed by atoms with Crippen LogP contribution in [0.2, 0.25) is 0 Å². The summed E-state index contributed by atoms with van der Waals surface area (Å²) in [6.45, 7) is 8.92. The zero-order chi connectivity index (χ0) is 15.2. The summed E-state index contributed by atoms with van der Waals surface area (Å²) in [6, 6.07) is 1.67. The molecule has 4 nitrogen and oxygen atoms in total. The van der Waals surface area contributed by atoms with Gasteiger partial charge in [-0.15, -0.1) is 0 Å². The van der Waals surface area contributed by atoms with Crippen LogP contribution in [0.3, 0.4) is 0 Å². The molecule has 1 aromatic heterocycles. The number of pyridine rings is 1. The quantitative estimate of drug-likeness (QED) is 0.824. The van der Waals surface area contributed by atoms with Crippen LogP contribution in [-0.2, 0) is 0 Å². The van der Waals surface area contributed by atoms with Gasteiger partial charge in [0.25, 0.3) is 5.91 Å². The Morgan fingerprint density at radius 3 is 2.75 bits per heavy atom. The standard InChI is InChI=1S/C16H22N2O2/c1-12(2)16(3,4)11-18-15(20)14-8-13(6-5-7-19)9-17-10-14/h8-10,12,19H,7,11H2,1-4H3,(H,18,20). The van der Waals surface area contributed by atoms with E-state index < -0.39 is 0 Å². The lowest BCUT2D eigenvalue weighted by Gasteiger charge is -2.29. The zero-order valence-corrected chi connectivity index (χ0v) is 12.5. The summed E-state index contributed by atoms with van der Waals surface area (Å²) in [4.78, 5) is 16.1. The van der Waals surface area contributed by atoms with Crippen molar-refractivity contribution in [1.82, 2.24) is 10.3 Å². The minimum atomic E-state index is -0.209. The fourth-order valence-electron chi connectivity index (χ4n) is 1.39. The van der Waals surface area contributed by atoms with Crippen molar-refractivity contribution in [3.05, 3.63) is 29.6 Å². The number of carbonyl (C=O) groups excluding carboxylic acids is 1. The van der Waals surface area contributed by atoms with E-state index in [9.17, 15) is 4.79 Å². The minimum Gasteiger partial charge on any atom is -0.384 e. The predicted octanol–water partition coefficient (Wildman–Crippen LogP) is 1.84. The molecule has 1 amide bonds. The Morgan fingerprint density at radius 2 is 2.15 bits per heavy atom. The van der Waals surface area contributed by atoms with Crippen LogP contribution in [0.4, 0.5) is 0 Å². The van der Waals surface area contributed by atoms with Crippen molar-refractivity contribution in [1.29, 1.82) is 0 Å². The van der Waals surface area contributed by atoms with Crippen molar-refractivity contribution >= 4 is 5.91 Å². The molecular formula is C16H22N2O2. The average Bonchev–Trinajstić information content (AvgIpc) is 2.42. The predicted molar refractivity (Wildman–Crippen MR) is 79.2 cm³/mol. The first-order chi connectivity index (χ1) is 9.36. The highest BCUT2D eigenvalue weighted by Gasteiger charge is 2.23. The van der Waals surface area contributed by atoms with Gasteiger partial charge in [-0.2, -0.15) is 0 Å². The molecule has 0 aliphatic rings. The Kier molecular flexibility index (Phi) is 5.72. The highest BCUT2D eigenvalue weighted by atomic mass is 16.2. The third kappa shape index (κ3) is 4.67. The van der Waals surface area contributed by atoms with Crippen LogP contribution >= 0.6 is 0 Å². The smallest absolute Gasteiger partial charge is 0.252 e. The van der Waals surface area contributed by atoms with Gasteiger partial charge in [-0.3, -0.25) is 9.78 Å². The molecule has 0 bridgehead atoms. The zero-order valence-electron chi connectivity index (χ0n) is 12.5. The van der Waals surface area contributed by atoms with E-state index in [1.54, 1.807) is 12.3 Å². The van der Waals surface area contributed by atoms with Gasteiger partial charge in [0.15, 0.2) is 0 Å². The van der Waals surface area contributed by atoms with Crippen molar-refractivity contribution in [2.45, 2.75) is 27.7 Å². The average molecular weight is 274 g/mol. The number of rotatable bonds is 4. The van der Waals surface area contributed by atoms with Crippen LogP contribution in [0, 0.1) is 23.2 Å². The number of aliphatic hydroxyl groups is 1. The summed E-state index contributed by atoms with van der Waals surface area (Å²) in [7, 11) is 0. The van der Waals surface area contributed by atoms with E-state index in [0.29, 0.717) is 23.6 Å². The number of amides is 1. The normalized spacial score (nSPS) is 10.9. The monoisotopic (exact) mass is 274 g/mol. The summed E-state index contributed by atoms with van der Waals surface area (Å²) >= 11 is 0. The van der Waals surface area contributed by atoms with E-state index in [4.69, 9.17) is 5.11 Å². The largest absolute Gasteiger partial charge is 0.384 e. The van der Waals surface area contributed by atoms with Gasteiger partial charge in [0.2, 0.25) is 0 Å². The molecule has 1 rings (SSSR count). The lowest BCUT2D eigenvalue weighted by Crippen LogP contribution is -2.37. The van der Waals surface area contributed by atoms with Gasteiger partial charge >= 0.3 is 0 Å². The molecule has 0 aliphatic carbocycles. The molecule has 0 unspecified atom stereocenters. The number of aliphatic hydroxyl groups excluding tert-OH is 1. The first kappa shape index (κ1) is 16.2. The summed E-state index contributed by atoms with van der Waals surface area (Å²) in [5.41, 5.74) is 1.14. The molecule has 1 aromatic rings. The van der Waals surface area contributed by atoms with E-state index >= 15 is 0 Å². The molecule has 20 heavy (non-hydrogen) atoms. The van der Waals surface area contributed by atoms with Gasteiger partial charge in [-0.05, 0) is 17.4 Å². The Bertz CT molecular complexity index is 525. The lowest BCUT2D eigenvalue weighted by molar-refractivity contribution is 0.0924. The van der Waals surface area contributed by atoms with E-state index in [2.05, 4.69) is 49.8 Å². The van der Waals surface area contributed by atoms with Crippen molar-refractivity contribution in [3.8, 4) is 11.8 Å². The topological polar surface area (TPSA) is 62.2 Å². The third-order valence-corrected chi connectivity index (χ3v) is 3.58. The van der Waals surface area contributed by atoms with Gasteiger partial charge < -0.3 is 10.4 Å². The van der Waals surface area contributed by atoms with Crippen molar-refractivity contribution in [2.24, 2.45) is 11.3 Å². The number of aromatic nitrogens is 1. The molecule has 0 saturated carbocycles. The van der Waals surface area contributed by atoms with Crippen LogP contribution in [0.15, 0.2) is 18.5 Å². The van der Waals surface area contributed by atoms with Crippen molar-refractivity contribution < 1.29 is 9.90 Å². The maximum Gasteiger partial charge on any atom is 0.252 e. The van der Waals surface area contributed by atoms with E-state index in [0.717, 1.165) is 0 Å². The fraction of sp³-hybridized carbons (Fsp3) is 0.500. The van der Waals surface area contributed by atoms with Crippen LogP contribution < -0.4 is 5.32 Å². The Labute approximate surface area is 120 Å². The van der Waals surface area contributed by atoms with Gasteiger partial charge in [0.05, 0.1) is 5.56 Å².